The van der Waals surface area contributed by atoms with Gasteiger partial charge in [0.1, 0.15) is 0 Å². The van der Waals surface area contributed by atoms with E-state index < -0.39 is 0 Å². The van der Waals surface area contributed by atoms with Gasteiger partial charge in [0, 0.05) is 19.6 Å². The number of nitrogens with zero attached hydrogens (tertiary/aromatic N) is 3. The Bertz CT molecular complexity index is 612. The van der Waals surface area contributed by atoms with Crippen LogP contribution < -0.4 is 0 Å². The predicted molar refractivity (Wildman–Crippen MR) is 79.2 cm³/mol. The molecule has 0 spiro atoms. The summed E-state index contributed by atoms with van der Waals surface area (Å²) in [5, 5.41) is 8.28. The van der Waals surface area contributed by atoms with E-state index in [1.165, 1.54) is 0 Å². The molecule has 0 saturated heterocycles. The first-order valence-electron chi connectivity index (χ1n) is 6.17. The van der Waals surface area contributed by atoms with Crippen LogP contribution in [0.1, 0.15) is 30.6 Å². The van der Waals surface area contributed by atoms with Gasteiger partial charge in [-0.3, -0.25) is 9.67 Å². The molecule has 0 aromatic carbocycles. The van der Waals surface area contributed by atoms with Gasteiger partial charge in [-0.2, -0.15) is 5.10 Å². The lowest BCUT2D eigenvalue weighted by atomic mass is 10.3. The van der Waals surface area contributed by atoms with Crippen LogP contribution in [0.5, 0.6) is 0 Å². The number of hydrogen-bond acceptors (Lipinski definition) is 5. The number of aromatic nitrogens is 4. The minimum absolute atomic E-state index is 0.269. The second kappa shape index (κ2) is 5.94. The summed E-state index contributed by atoms with van der Waals surface area (Å²) in [7, 11) is 1.70. The quantitative estimate of drug-likeness (QED) is 0.862. The number of hydrogen-bond donors (Lipinski definition) is 1. The fourth-order valence-corrected chi connectivity index (χ4v) is 3.28. The summed E-state index contributed by atoms with van der Waals surface area (Å²) in [4.78, 5) is 5.65. The standard InChI is InChI=1S/C12H18N4OS2/c1-7(2)16-11(14-15-12(16)18)10-8(3)13-9(19-10)5-6-17-4/h7H,5-6H2,1-4H3,(H,15,18). The van der Waals surface area contributed by atoms with Crippen LogP contribution in [0.2, 0.25) is 0 Å². The Morgan fingerprint density at radius 1 is 1.47 bits per heavy atom. The maximum atomic E-state index is 5.28. The van der Waals surface area contributed by atoms with Crippen molar-refractivity contribution in [3.8, 4) is 10.7 Å². The van der Waals surface area contributed by atoms with Gasteiger partial charge in [-0.05, 0) is 33.0 Å². The van der Waals surface area contributed by atoms with Crippen LogP contribution in [0.3, 0.4) is 0 Å². The Hall–Kier alpha value is -1.05. The van der Waals surface area contributed by atoms with E-state index in [1.54, 1.807) is 18.4 Å². The largest absolute Gasteiger partial charge is 0.384 e. The summed E-state index contributed by atoms with van der Waals surface area (Å²) < 4.78 is 7.76. The highest BCUT2D eigenvalue weighted by Crippen LogP contribution is 2.30. The lowest BCUT2D eigenvalue weighted by molar-refractivity contribution is 0.202. The molecule has 0 atom stereocenters. The number of nitrogens with one attached hydrogen (secondary N) is 1. The molecule has 0 unspecified atom stereocenters. The van der Waals surface area contributed by atoms with Crippen molar-refractivity contribution in [2.24, 2.45) is 0 Å². The molecular weight excluding hydrogens is 280 g/mol. The number of aryl methyl sites for hydroxylation is 1. The molecule has 19 heavy (non-hydrogen) atoms. The zero-order chi connectivity index (χ0) is 14.0. The first kappa shape index (κ1) is 14.4. The number of H-pyrrole nitrogens is 1. The summed E-state index contributed by atoms with van der Waals surface area (Å²) in [6, 6.07) is 0.269. The van der Waals surface area contributed by atoms with Crippen molar-refractivity contribution in [1.82, 2.24) is 19.7 Å². The van der Waals surface area contributed by atoms with Gasteiger partial charge in [0.2, 0.25) is 0 Å². The van der Waals surface area contributed by atoms with Gasteiger partial charge in [-0.25, -0.2) is 4.98 Å². The Labute approximate surface area is 121 Å². The molecule has 0 saturated carbocycles. The number of methoxy groups -OCH3 is 1. The third kappa shape index (κ3) is 2.93. The molecule has 0 aliphatic carbocycles. The zero-order valence-electron chi connectivity index (χ0n) is 11.6. The molecule has 2 rings (SSSR count). The topological polar surface area (TPSA) is 55.7 Å². The number of aromatic amines is 1. The van der Waals surface area contributed by atoms with Crippen LogP contribution in [0.25, 0.3) is 10.7 Å². The van der Waals surface area contributed by atoms with Crippen molar-refractivity contribution in [3.05, 3.63) is 15.5 Å². The lowest BCUT2D eigenvalue weighted by Crippen LogP contribution is -2.03. The molecule has 0 fully saturated rings. The predicted octanol–water partition coefficient (Wildman–Crippen LogP) is 3.14. The first-order valence-corrected chi connectivity index (χ1v) is 7.39. The average Bonchev–Trinajstić information content (AvgIpc) is 2.89. The van der Waals surface area contributed by atoms with Crippen LogP contribution in [0.15, 0.2) is 0 Å². The third-order valence-corrected chi connectivity index (χ3v) is 4.29. The lowest BCUT2D eigenvalue weighted by Gasteiger charge is -2.09. The fraction of sp³-hybridized carbons (Fsp3) is 0.583. The van der Waals surface area contributed by atoms with E-state index in [9.17, 15) is 0 Å². The van der Waals surface area contributed by atoms with Crippen LogP contribution in [-0.2, 0) is 11.2 Å². The van der Waals surface area contributed by atoms with Gasteiger partial charge >= 0.3 is 0 Å². The molecule has 0 aliphatic heterocycles. The van der Waals surface area contributed by atoms with Gasteiger partial charge in [0.15, 0.2) is 10.6 Å². The molecule has 7 heteroatoms. The van der Waals surface area contributed by atoms with Crippen molar-refractivity contribution >= 4 is 23.6 Å². The Morgan fingerprint density at radius 2 is 2.21 bits per heavy atom. The molecular formula is C12H18N4OS2. The summed E-state index contributed by atoms with van der Waals surface area (Å²) >= 11 is 6.93. The summed E-state index contributed by atoms with van der Waals surface area (Å²) in [6.07, 6.45) is 0.828. The van der Waals surface area contributed by atoms with Crippen molar-refractivity contribution in [2.75, 3.05) is 13.7 Å². The maximum absolute atomic E-state index is 5.28. The average molecular weight is 298 g/mol. The van der Waals surface area contributed by atoms with Crippen molar-refractivity contribution in [1.29, 1.82) is 0 Å². The van der Waals surface area contributed by atoms with E-state index in [2.05, 4.69) is 29.0 Å². The van der Waals surface area contributed by atoms with E-state index in [4.69, 9.17) is 17.0 Å². The Balaban J connectivity index is 2.42. The second-order valence-corrected chi connectivity index (χ2v) is 6.05. The van der Waals surface area contributed by atoms with Crippen LogP contribution in [0, 0.1) is 11.7 Å². The van der Waals surface area contributed by atoms with Gasteiger partial charge < -0.3 is 4.74 Å². The van der Waals surface area contributed by atoms with E-state index in [1.807, 2.05) is 11.5 Å². The monoisotopic (exact) mass is 298 g/mol. The highest BCUT2D eigenvalue weighted by Gasteiger charge is 2.17. The molecule has 0 bridgehead atoms. The molecule has 2 aromatic rings. The first-order chi connectivity index (χ1) is 9.04. The molecule has 2 heterocycles. The van der Waals surface area contributed by atoms with Crippen molar-refractivity contribution in [2.45, 2.75) is 33.2 Å². The maximum Gasteiger partial charge on any atom is 0.195 e. The Kier molecular flexibility index (Phi) is 4.49. The highest BCUT2D eigenvalue weighted by molar-refractivity contribution is 7.71. The third-order valence-electron chi connectivity index (χ3n) is 2.78. The van der Waals surface area contributed by atoms with Crippen LogP contribution in [-0.4, -0.2) is 33.5 Å². The van der Waals surface area contributed by atoms with Gasteiger partial charge in [0.05, 0.1) is 22.2 Å². The smallest absolute Gasteiger partial charge is 0.195 e. The molecule has 0 aliphatic rings. The minimum Gasteiger partial charge on any atom is -0.384 e. The summed E-state index contributed by atoms with van der Waals surface area (Å²) in [6.45, 7) is 6.88. The second-order valence-electron chi connectivity index (χ2n) is 4.58. The van der Waals surface area contributed by atoms with E-state index in [0.29, 0.717) is 11.4 Å². The van der Waals surface area contributed by atoms with E-state index in [-0.39, 0.29) is 6.04 Å². The molecule has 2 aromatic heterocycles. The molecule has 104 valence electrons. The zero-order valence-corrected chi connectivity index (χ0v) is 13.2. The fourth-order valence-electron chi connectivity index (χ4n) is 1.90. The molecule has 1 N–H and O–H groups in total. The van der Waals surface area contributed by atoms with Gasteiger partial charge in [-0.1, -0.05) is 0 Å². The Morgan fingerprint density at radius 3 is 2.84 bits per heavy atom. The molecule has 0 radical (unpaired) electrons. The van der Waals surface area contributed by atoms with Crippen molar-refractivity contribution in [3.63, 3.8) is 0 Å². The van der Waals surface area contributed by atoms with E-state index in [0.717, 1.165) is 27.8 Å². The minimum atomic E-state index is 0.269. The van der Waals surface area contributed by atoms with Gasteiger partial charge in [-0.15, -0.1) is 11.3 Å². The van der Waals surface area contributed by atoms with E-state index >= 15 is 0 Å². The SMILES string of the molecule is COCCc1nc(C)c(-c2n[nH]c(=S)n2C(C)C)s1. The number of ether oxygens (including phenoxy) is 1. The number of rotatable bonds is 5. The summed E-state index contributed by atoms with van der Waals surface area (Å²) in [5.74, 6) is 0.874. The summed E-state index contributed by atoms with van der Waals surface area (Å²) in [5.41, 5.74) is 0.993. The van der Waals surface area contributed by atoms with Crippen LogP contribution in [0.4, 0.5) is 0 Å². The number of thiazole rings is 1. The normalized spacial score (nSPS) is 11.4. The highest BCUT2D eigenvalue weighted by atomic mass is 32.1. The van der Waals surface area contributed by atoms with Crippen molar-refractivity contribution < 1.29 is 4.74 Å². The van der Waals surface area contributed by atoms with Crippen LogP contribution >= 0.6 is 23.6 Å². The molecule has 5 nitrogen and oxygen atoms in total. The molecule has 0 amide bonds. The van der Waals surface area contributed by atoms with Gasteiger partial charge in [0.25, 0.3) is 0 Å².